The number of nitrogens with zero attached hydrogens (tertiary/aromatic N) is 1. The largest absolute Gasteiger partial charge is 0.356 e. The molecule has 4 nitrogen and oxygen atoms in total. The molecule has 4 heteroatoms. The van der Waals surface area contributed by atoms with Gasteiger partial charge in [0.15, 0.2) is 11.5 Å². The number of ether oxygens (including phenoxy) is 2. The molecule has 1 saturated heterocycles. The average Bonchev–Trinajstić information content (AvgIpc) is 2.96. The average molecular weight is 245 g/mol. The van der Waals surface area contributed by atoms with Gasteiger partial charge in [0, 0.05) is 11.6 Å². The van der Waals surface area contributed by atoms with Crippen molar-refractivity contribution in [2.45, 2.75) is 25.7 Å². The Morgan fingerprint density at radius 3 is 2.67 bits per heavy atom. The summed E-state index contributed by atoms with van der Waals surface area (Å²) in [5, 5.41) is 4.06. The van der Waals surface area contributed by atoms with Gasteiger partial charge >= 0.3 is 0 Å². The quantitative estimate of drug-likeness (QED) is 0.815. The third-order valence-electron chi connectivity index (χ3n) is 2.92. The molecule has 3 rings (SSSR count). The zero-order chi connectivity index (χ0) is 12.6. The molecule has 1 fully saturated rings. The minimum Gasteiger partial charge on any atom is -0.356 e. The Morgan fingerprint density at radius 1 is 1.22 bits per heavy atom. The van der Waals surface area contributed by atoms with Gasteiger partial charge in [-0.15, -0.1) is 0 Å². The lowest BCUT2D eigenvalue weighted by atomic mass is 10.1. The summed E-state index contributed by atoms with van der Waals surface area (Å²) in [4.78, 5) is 0. The van der Waals surface area contributed by atoms with E-state index in [-0.39, 0.29) is 6.10 Å². The van der Waals surface area contributed by atoms with Gasteiger partial charge in [0.1, 0.15) is 11.8 Å². The van der Waals surface area contributed by atoms with E-state index < -0.39 is 5.79 Å². The van der Waals surface area contributed by atoms with Gasteiger partial charge in [-0.2, -0.15) is 0 Å². The zero-order valence-electron chi connectivity index (χ0n) is 10.4. The molecule has 1 atom stereocenters. The van der Waals surface area contributed by atoms with Crippen LogP contribution < -0.4 is 0 Å². The third kappa shape index (κ3) is 2.17. The van der Waals surface area contributed by atoms with Crippen LogP contribution in [0.1, 0.15) is 25.6 Å². The maximum atomic E-state index is 5.74. The molecule has 1 aliphatic heterocycles. The topological polar surface area (TPSA) is 44.5 Å². The smallest absolute Gasteiger partial charge is 0.167 e. The second-order valence-electron chi connectivity index (χ2n) is 4.80. The molecular weight excluding hydrogens is 230 g/mol. The molecule has 0 saturated carbocycles. The lowest BCUT2D eigenvalue weighted by Gasteiger charge is -2.15. The molecule has 0 radical (unpaired) electrons. The van der Waals surface area contributed by atoms with Crippen molar-refractivity contribution in [1.82, 2.24) is 5.16 Å². The van der Waals surface area contributed by atoms with Crippen LogP contribution in [0.5, 0.6) is 0 Å². The number of hydrogen-bond donors (Lipinski definition) is 0. The number of aromatic nitrogens is 1. The van der Waals surface area contributed by atoms with Crippen molar-refractivity contribution in [3.63, 3.8) is 0 Å². The van der Waals surface area contributed by atoms with Crippen LogP contribution in [0.25, 0.3) is 11.3 Å². The van der Waals surface area contributed by atoms with E-state index >= 15 is 0 Å². The number of hydrogen-bond acceptors (Lipinski definition) is 4. The van der Waals surface area contributed by atoms with Crippen LogP contribution in [0.3, 0.4) is 0 Å². The molecule has 0 N–H and O–H groups in total. The normalized spacial score (nSPS) is 22.2. The van der Waals surface area contributed by atoms with Crippen molar-refractivity contribution >= 4 is 0 Å². The Bertz CT molecular complexity index is 533. The van der Waals surface area contributed by atoms with E-state index in [1.165, 1.54) is 0 Å². The summed E-state index contributed by atoms with van der Waals surface area (Å²) in [6, 6.07) is 11.8. The van der Waals surface area contributed by atoms with Crippen LogP contribution in [0.4, 0.5) is 0 Å². The first-order chi connectivity index (χ1) is 8.64. The fourth-order valence-electron chi connectivity index (χ4n) is 2.01. The summed E-state index contributed by atoms with van der Waals surface area (Å²) in [7, 11) is 0. The van der Waals surface area contributed by atoms with Crippen LogP contribution >= 0.6 is 0 Å². The van der Waals surface area contributed by atoms with E-state index in [0.29, 0.717) is 6.61 Å². The second kappa shape index (κ2) is 4.23. The summed E-state index contributed by atoms with van der Waals surface area (Å²) >= 11 is 0. The van der Waals surface area contributed by atoms with Gasteiger partial charge in [-0.3, -0.25) is 0 Å². The van der Waals surface area contributed by atoms with Gasteiger partial charge in [-0.05, 0) is 13.8 Å². The van der Waals surface area contributed by atoms with E-state index in [9.17, 15) is 0 Å². The Hall–Kier alpha value is -1.65. The molecule has 1 aromatic carbocycles. The monoisotopic (exact) mass is 245 g/mol. The highest BCUT2D eigenvalue weighted by Gasteiger charge is 2.35. The highest BCUT2D eigenvalue weighted by atomic mass is 16.7. The van der Waals surface area contributed by atoms with Crippen LogP contribution in [0.15, 0.2) is 40.9 Å². The maximum absolute atomic E-state index is 5.74. The van der Waals surface area contributed by atoms with Crippen molar-refractivity contribution in [3.05, 3.63) is 42.1 Å². The summed E-state index contributed by atoms with van der Waals surface area (Å²) in [5.74, 6) is 0.204. The lowest BCUT2D eigenvalue weighted by molar-refractivity contribution is -0.139. The van der Waals surface area contributed by atoms with Crippen molar-refractivity contribution in [2.24, 2.45) is 0 Å². The molecule has 18 heavy (non-hydrogen) atoms. The van der Waals surface area contributed by atoms with E-state index in [1.54, 1.807) is 0 Å². The summed E-state index contributed by atoms with van der Waals surface area (Å²) in [5.41, 5.74) is 1.79. The number of benzene rings is 1. The molecule has 0 unspecified atom stereocenters. The standard InChI is InChI=1S/C14H15NO3/c1-14(2)16-9-13(17-14)11-8-12(18-15-11)10-6-4-3-5-7-10/h3-8,13H,9H2,1-2H3/t13-/m1/s1. The van der Waals surface area contributed by atoms with Crippen LogP contribution in [0, 0.1) is 0 Å². The van der Waals surface area contributed by atoms with Gasteiger partial charge in [0.25, 0.3) is 0 Å². The van der Waals surface area contributed by atoms with Crippen LogP contribution in [0.2, 0.25) is 0 Å². The van der Waals surface area contributed by atoms with Crippen molar-refractivity contribution in [1.29, 1.82) is 0 Å². The third-order valence-corrected chi connectivity index (χ3v) is 2.92. The molecule has 2 heterocycles. The van der Waals surface area contributed by atoms with E-state index in [4.69, 9.17) is 14.0 Å². The summed E-state index contributed by atoms with van der Waals surface area (Å²) in [6.07, 6.45) is -0.152. The zero-order valence-corrected chi connectivity index (χ0v) is 10.4. The minimum atomic E-state index is -0.545. The number of rotatable bonds is 2. The maximum Gasteiger partial charge on any atom is 0.167 e. The first-order valence-corrected chi connectivity index (χ1v) is 5.98. The van der Waals surface area contributed by atoms with E-state index in [2.05, 4.69) is 5.16 Å². The first kappa shape index (κ1) is 11.4. The first-order valence-electron chi connectivity index (χ1n) is 5.98. The SMILES string of the molecule is CC1(C)OC[C@H](c2cc(-c3ccccc3)on2)O1. The summed E-state index contributed by atoms with van der Waals surface area (Å²) in [6.45, 7) is 4.30. The fourth-order valence-corrected chi connectivity index (χ4v) is 2.01. The van der Waals surface area contributed by atoms with E-state index in [0.717, 1.165) is 17.0 Å². The van der Waals surface area contributed by atoms with Gasteiger partial charge < -0.3 is 14.0 Å². The summed E-state index contributed by atoms with van der Waals surface area (Å²) < 4.78 is 16.6. The molecule has 0 bridgehead atoms. The second-order valence-corrected chi connectivity index (χ2v) is 4.80. The van der Waals surface area contributed by atoms with Gasteiger partial charge in [-0.25, -0.2) is 0 Å². The lowest BCUT2D eigenvalue weighted by Crippen LogP contribution is -2.19. The Balaban J connectivity index is 1.83. The van der Waals surface area contributed by atoms with Crippen molar-refractivity contribution in [2.75, 3.05) is 6.61 Å². The molecule has 0 aliphatic carbocycles. The molecule has 1 aromatic heterocycles. The molecule has 94 valence electrons. The fraction of sp³-hybridized carbons (Fsp3) is 0.357. The predicted molar refractivity (Wildman–Crippen MR) is 65.8 cm³/mol. The van der Waals surface area contributed by atoms with Crippen molar-refractivity contribution in [3.8, 4) is 11.3 Å². The molecular formula is C14H15NO3. The molecule has 0 amide bonds. The van der Waals surface area contributed by atoms with Crippen molar-refractivity contribution < 1.29 is 14.0 Å². The Kier molecular flexibility index (Phi) is 2.69. The molecule has 2 aromatic rings. The van der Waals surface area contributed by atoms with E-state index in [1.807, 2.05) is 50.2 Å². The predicted octanol–water partition coefficient (Wildman–Crippen LogP) is 3.17. The Morgan fingerprint density at radius 2 is 2.00 bits per heavy atom. The van der Waals surface area contributed by atoms with Crippen LogP contribution in [-0.4, -0.2) is 17.6 Å². The van der Waals surface area contributed by atoms with Gasteiger partial charge in [0.05, 0.1) is 6.61 Å². The molecule has 0 spiro atoms. The Labute approximate surface area is 105 Å². The highest BCUT2D eigenvalue weighted by Crippen LogP contribution is 2.33. The van der Waals surface area contributed by atoms with Crippen LogP contribution in [-0.2, 0) is 9.47 Å². The molecule has 1 aliphatic rings. The minimum absolute atomic E-state index is 0.152. The van der Waals surface area contributed by atoms with Gasteiger partial charge in [0.2, 0.25) is 0 Å². The van der Waals surface area contributed by atoms with Gasteiger partial charge in [-0.1, -0.05) is 35.5 Å². The highest BCUT2D eigenvalue weighted by molar-refractivity contribution is 5.57.